The minimum Gasteiger partial charge on any atom is -0.361 e. The summed E-state index contributed by atoms with van der Waals surface area (Å²) in [4.78, 5) is 28.5. The van der Waals surface area contributed by atoms with E-state index in [1.54, 1.807) is 12.1 Å². The predicted octanol–water partition coefficient (Wildman–Crippen LogP) is 6.69. The summed E-state index contributed by atoms with van der Waals surface area (Å²) in [5.74, 6) is -0.0137. The number of carbonyl (C=O) groups is 2. The van der Waals surface area contributed by atoms with E-state index >= 15 is 0 Å². The molecule has 1 unspecified atom stereocenters. The minimum atomic E-state index is -0.241. The average Bonchev–Trinajstić information content (AvgIpc) is 3.31. The molecule has 8 heteroatoms. The number of fused-ring (bicyclic) bond motifs is 1. The van der Waals surface area contributed by atoms with Gasteiger partial charge in [0.1, 0.15) is 0 Å². The molecule has 1 heterocycles. The van der Waals surface area contributed by atoms with E-state index in [0.717, 1.165) is 32.9 Å². The molecule has 178 valence electrons. The van der Waals surface area contributed by atoms with Crippen LogP contribution in [0.5, 0.6) is 0 Å². The van der Waals surface area contributed by atoms with Crippen molar-refractivity contribution in [3.63, 3.8) is 0 Å². The number of thiocarbonyl (C=S) groups is 1. The third kappa shape index (κ3) is 6.49. The topological polar surface area (TPSA) is 86.0 Å². The van der Waals surface area contributed by atoms with Gasteiger partial charge in [0.05, 0.1) is 5.25 Å². The lowest BCUT2D eigenvalue weighted by molar-refractivity contribution is -0.115. The fraction of sp³-hybridized carbons (Fsp3) is 0.148. The van der Waals surface area contributed by atoms with Gasteiger partial charge in [-0.3, -0.25) is 9.59 Å². The number of Topliss-reactive ketones (excluding diaryl/α,β-unsaturated/α-hetero) is 1. The van der Waals surface area contributed by atoms with E-state index in [1.807, 2.05) is 73.8 Å². The van der Waals surface area contributed by atoms with E-state index in [1.165, 1.54) is 18.7 Å². The van der Waals surface area contributed by atoms with E-state index in [9.17, 15) is 9.59 Å². The number of H-pyrrole nitrogens is 1. The maximum Gasteiger partial charge on any atom is 0.237 e. The van der Waals surface area contributed by atoms with E-state index < -0.39 is 0 Å². The molecule has 0 spiro atoms. The van der Waals surface area contributed by atoms with Crippen molar-refractivity contribution >= 4 is 68.7 Å². The molecule has 3 aromatic carbocycles. The third-order valence-corrected chi connectivity index (χ3v) is 6.97. The molecule has 1 atom stereocenters. The van der Waals surface area contributed by atoms with Gasteiger partial charge in [-0.2, -0.15) is 0 Å². The number of nitrogens with one attached hydrogen (secondary N) is 4. The summed E-state index contributed by atoms with van der Waals surface area (Å²) in [5, 5.41) is 10.6. The van der Waals surface area contributed by atoms with Gasteiger partial charge in [0.2, 0.25) is 5.91 Å². The Morgan fingerprint density at radius 1 is 0.914 bits per heavy atom. The second-order valence-electron chi connectivity index (χ2n) is 8.02. The molecule has 1 aromatic heterocycles. The number of rotatable bonds is 8. The fourth-order valence-corrected chi connectivity index (χ4v) is 4.81. The number of benzene rings is 3. The summed E-state index contributed by atoms with van der Waals surface area (Å²) in [6, 6.07) is 22.8. The van der Waals surface area contributed by atoms with Crippen LogP contribution < -0.4 is 16.0 Å². The number of aromatic nitrogens is 1. The Morgan fingerprint density at radius 3 is 2.37 bits per heavy atom. The van der Waals surface area contributed by atoms with Crippen LogP contribution in [-0.2, 0) is 4.79 Å². The highest BCUT2D eigenvalue weighted by Crippen LogP contribution is 2.29. The van der Waals surface area contributed by atoms with Crippen LogP contribution in [-0.4, -0.2) is 27.0 Å². The Balaban J connectivity index is 1.36. The summed E-state index contributed by atoms with van der Waals surface area (Å²) in [6.07, 6.45) is 2.57. The highest BCUT2D eigenvalue weighted by atomic mass is 32.2. The first-order chi connectivity index (χ1) is 16.9. The number of ketones is 1. The number of hydrogen-bond donors (Lipinski definition) is 4. The van der Waals surface area contributed by atoms with Crippen LogP contribution in [0.2, 0.25) is 0 Å². The fourth-order valence-electron chi connectivity index (χ4n) is 3.56. The van der Waals surface area contributed by atoms with Crippen LogP contribution in [0.25, 0.3) is 10.9 Å². The predicted molar refractivity (Wildman–Crippen MR) is 150 cm³/mol. The summed E-state index contributed by atoms with van der Waals surface area (Å²) in [5.41, 5.74) is 4.02. The van der Waals surface area contributed by atoms with E-state index in [2.05, 4.69) is 20.9 Å². The zero-order valence-electron chi connectivity index (χ0n) is 19.4. The molecule has 0 saturated heterocycles. The SMILES string of the molecule is CCC(Sc1cccc(NC(=S)Nc2ccc(C(C)=O)cc2)c1)C(=O)Nc1ccc2cc[nH]c2c1. The maximum absolute atomic E-state index is 12.9. The number of carbonyl (C=O) groups excluding carboxylic acids is 2. The van der Waals surface area contributed by atoms with Crippen molar-refractivity contribution in [2.24, 2.45) is 0 Å². The van der Waals surface area contributed by atoms with Crippen LogP contribution >= 0.6 is 24.0 Å². The van der Waals surface area contributed by atoms with Crippen LogP contribution in [0.4, 0.5) is 17.1 Å². The highest BCUT2D eigenvalue weighted by molar-refractivity contribution is 8.00. The molecular formula is C27H26N4O2S2. The first kappa shape index (κ1) is 24.5. The van der Waals surface area contributed by atoms with Gasteiger partial charge in [0, 0.05) is 39.2 Å². The van der Waals surface area contributed by atoms with E-state index in [0.29, 0.717) is 17.1 Å². The molecule has 1 amide bonds. The second-order valence-corrected chi connectivity index (χ2v) is 9.71. The van der Waals surface area contributed by atoms with Gasteiger partial charge in [-0.25, -0.2) is 0 Å². The van der Waals surface area contributed by atoms with Crippen LogP contribution in [0.1, 0.15) is 30.6 Å². The first-order valence-electron chi connectivity index (χ1n) is 11.2. The lowest BCUT2D eigenvalue weighted by Gasteiger charge is -2.16. The van der Waals surface area contributed by atoms with Crippen molar-refractivity contribution in [3.8, 4) is 0 Å². The highest BCUT2D eigenvalue weighted by Gasteiger charge is 2.18. The number of anilines is 3. The Kier molecular flexibility index (Phi) is 7.84. The third-order valence-electron chi connectivity index (χ3n) is 5.41. The molecule has 4 N–H and O–H groups in total. The van der Waals surface area contributed by atoms with Gasteiger partial charge in [0.15, 0.2) is 10.9 Å². The van der Waals surface area contributed by atoms with Crippen molar-refractivity contribution in [2.45, 2.75) is 30.4 Å². The summed E-state index contributed by atoms with van der Waals surface area (Å²) < 4.78 is 0. The molecule has 6 nitrogen and oxygen atoms in total. The zero-order valence-corrected chi connectivity index (χ0v) is 21.1. The van der Waals surface area contributed by atoms with Gasteiger partial charge in [-0.1, -0.05) is 19.1 Å². The van der Waals surface area contributed by atoms with Crippen LogP contribution in [0, 0.1) is 0 Å². The number of hydrogen-bond acceptors (Lipinski definition) is 4. The van der Waals surface area contributed by atoms with Crippen molar-refractivity contribution in [1.82, 2.24) is 4.98 Å². The van der Waals surface area contributed by atoms with Crippen LogP contribution in [0.15, 0.2) is 83.9 Å². The van der Waals surface area contributed by atoms with Crippen molar-refractivity contribution in [1.29, 1.82) is 0 Å². The molecule has 0 aliphatic heterocycles. The summed E-state index contributed by atoms with van der Waals surface area (Å²) in [7, 11) is 0. The second kappa shape index (κ2) is 11.2. The first-order valence-corrected chi connectivity index (χ1v) is 12.5. The van der Waals surface area contributed by atoms with E-state index in [-0.39, 0.29) is 16.9 Å². The lowest BCUT2D eigenvalue weighted by Crippen LogP contribution is -2.24. The number of aromatic amines is 1. The molecule has 4 rings (SSSR count). The minimum absolute atomic E-state index is 0.0206. The molecule has 0 aliphatic rings. The Morgan fingerprint density at radius 2 is 1.63 bits per heavy atom. The van der Waals surface area contributed by atoms with Gasteiger partial charge in [-0.05, 0) is 91.6 Å². The van der Waals surface area contributed by atoms with Gasteiger partial charge in [0.25, 0.3) is 0 Å². The standard InChI is InChI=1S/C27H26N4O2S2/c1-3-25(26(33)29-22-12-9-19-13-14-28-24(19)16-22)35-23-6-4-5-21(15-23)31-27(34)30-20-10-7-18(8-11-20)17(2)32/h4-16,25,28H,3H2,1-2H3,(H,29,33)(H2,30,31,34). The Labute approximate surface area is 213 Å². The number of thioether (sulfide) groups is 1. The molecule has 0 radical (unpaired) electrons. The largest absolute Gasteiger partial charge is 0.361 e. The van der Waals surface area contributed by atoms with E-state index in [4.69, 9.17) is 12.2 Å². The maximum atomic E-state index is 12.9. The lowest BCUT2D eigenvalue weighted by atomic mass is 10.1. The molecule has 0 fully saturated rings. The summed E-state index contributed by atoms with van der Waals surface area (Å²) >= 11 is 6.95. The molecule has 35 heavy (non-hydrogen) atoms. The smallest absolute Gasteiger partial charge is 0.237 e. The molecule has 0 saturated carbocycles. The quantitative estimate of drug-likeness (QED) is 0.122. The molecular weight excluding hydrogens is 476 g/mol. The van der Waals surface area contributed by atoms with Gasteiger partial charge >= 0.3 is 0 Å². The molecule has 0 aliphatic carbocycles. The van der Waals surface area contributed by atoms with Crippen molar-refractivity contribution in [2.75, 3.05) is 16.0 Å². The van der Waals surface area contributed by atoms with Crippen molar-refractivity contribution in [3.05, 3.63) is 84.6 Å². The monoisotopic (exact) mass is 502 g/mol. The van der Waals surface area contributed by atoms with Gasteiger partial charge < -0.3 is 20.9 Å². The Bertz CT molecular complexity index is 1370. The Hall–Kier alpha value is -3.62. The normalized spacial score (nSPS) is 11.6. The zero-order chi connectivity index (χ0) is 24.8. The van der Waals surface area contributed by atoms with Gasteiger partial charge in [-0.15, -0.1) is 11.8 Å². The number of amides is 1. The average molecular weight is 503 g/mol. The van der Waals surface area contributed by atoms with Crippen molar-refractivity contribution < 1.29 is 9.59 Å². The molecule has 0 bridgehead atoms. The molecule has 4 aromatic rings. The van der Waals surface area contributed by atoms with Crippen LogP contribution in [0.3, 0.4) is 0 Å². The summed E-state index contributed by atoms with van der Waals surface area (Å²) in [6.45, 7) is 3.54.